The molecule has 1 aliphatic rings. The second kappa shape index (κ2) is 9.18. The Balaban J connectivity index is 1.51. The van der Waals surface area contributed by atoms with Crippen molar-refractivity contribution in [3.63, 3.8) is 0 Å². The molecule has 1 aliphatic carbocycles. The standard InChI is InChI=1S/C22H27N3O/c1-17-6-5-9-19(14-17)16-25-21-15-20(11-13-23-21)22(26)24-12-10-18-7-3-2-4-8-18/h5-7,9,11,13-15H,2-4,8,10,12,16H2,1H3,(H,23,25)(H,24,26). The average Bonchev–Trinajstić information content (AvgIpc) is 2.67. The topological polar surface area (TPSA) is 54.0 Å². The molecule has 3 rings (SSSR count). The normalized spacial score (nSPS) is 13.8. The van der Waals surface area contributed by atoms with E-state index in [9.17, 15) is 4.79 Å². The van der Waals surface area contributed by atoms with Crippen LogP contribution >= 0.6 is 0 Å². The third kappa shape index (κ3) is 5.45. The van der Waals surface area contributed by atoms with E-state index in [1.54, 1.807) is 12.3 Å². The van der Waals surface area contributed by atoms with Crippen LogP contribution in [0.15, 0.2) is 54.2 Å². The van der Waals surface area contributed by atoms with Crippen molar-refractivity contribution >= 4 is 11.7 Å². The van der Waals surface area contributed by atoms with Crippen LogP contribution in [-0.2, 0) is 6.54 Å². The fourth-order valence-corrected chi connectivity index (χ4v) is 3.25. The zero-order valence-corrected chi connectivity index (χ0v) is 15.4. The number of hydrogen-bond donors (Lipinski definition) is 2. The van der Waals surface area contributed by atoms with Gasteiger partial charge in [0.2, 0.25) is 0 Å². The third-order valence-corrected chi connectivity index (χ3v) is 4.69. The van der Waals surface area contributed by atoms with Crippen LogP contribution < -0.4 is 10.6 Å². The van der Waals surface area contributed by atoms with Crippen molar-refractivity contribution in [2.24, 2.45) is 0 Å². The SMILES string of the molecule is Cc1cccc(CNc2cc(C(=O)NCCC3=CCCCC3)ccn2)c1. The minimum atomic E-state index is -0.0394. The van der Waals surface area contributed by atoms with Gasteiger partial charge in [0.1, 0.15) is 5.82 Å². The summed E-state index contributed by atoms with van der Waals surface area (Å²) in [6.45, 7) is 3.46. The molecule has 4 nitrogen and oxygen atoms in total. The summed E-state index contributed by atoms with van der Waals surface area (Å²) >= 11 is 0. The van der Waals surface area contributed by atoms with E-state index < -0.39 is 0 Å². The number of nitrogens with one attached hydrogen (secondary N) is 2. The molecule has 0 saturated carbocycles. The Morgan fingerprint density at radius 2 is 2.12 bits per heavy atom. The highest BCUT2D eigenvalue weighted by molar-refractivity contribution is 5.94. The molecule has 1 aromatic carbocycles. The van der Waals surface area contributed by atoms with Gasteiger partial charge in [-0.2, -0.15) is 0 Å². The van der Waals surface area contributed by atoms with Crippen LogP contribution in [0.2, 0.25) is 0 Å². The molecule has 0 unspecified atom stereocenters. The lowest BCUT2D eigenvalue weighted by Gasteiger charge is -2.13. The number of aromatic nitrogens is 1. The molecule has 0 radical (unpaired) electrons. The monoisotopic (exact) mass is 349 g/mol. The quantitative estimate of drug-likeness (QED) is 0.717. The maximum Gasteiger partial charge on any atom is 0.251 e. The lowest BCUT2D eigenvalue weighted by atomic mass is 9.97. The van der Waals surface area contributed by atoms with Gasteiger partial charge in [-0.15, -0.1) is 0 Å². The number of rotatable bonds is 7. The largest absolute Gasteiger partial charge is 0.366 e. The van der Waals surface area contributed by atoms with Gasteiger partial charge in [0, 0.05) is 24.8 Å². The van der Waals surface area contributed by atoms with E-state index in [-0.39, 0.29) is 5.91 Å². The van der Waals surface area contributed by atoms with Gasteiger partial charge >= 0.3 is 0 Å². The maximum absolute atomic E-state index is 12.4. The van der Waals surface area contributed by atoms with E-state index in [2.05, 4.69) is 46.8 Å². The number of carbonyl (C=O) groups excluding carboxylic acids is 1. The number of aryl methyl sites for hydroxylation is 1. The third-order valence-electron chi connectivity index (χ3n) is 4.69. The fraction of sp³-hybridized carbons (Fsp3) is 0.364. The van der Waals surface area contributed by atoms with E-state index in [4.69, 9.17) is 0 Å². The average molecular weight is 349 g/mol. The summed E-state index contributed by atoms with van der Waals surface area (Å²) in [5.41, 5.74) is 4.55. The van der Waals surface area contributed by atoms with E-state index in [1.165, 1.54) is 42.4 Å². The van der Waals surface area contributed by atoms with Gasteiger partial charge in [-0.05, 0) is 56.7 Å². The number of amides is 1. The lowest BCUT2D eigenvalue weighted by Crippen LogP contribution is -2.25. The van der Waals surface area contributed by atoms with Gasteiger partial charge in [-0.25, -0.2) is 4.98 Å². The number of anilines is 1. The summed E-state index contributed by atoms with van der Waals surface area (Å²) in [6, 6.07) is 11.9. The Bertz CT molecular complexity index is 782. The summed E-state index contributed by atoms with van der Waals surface area (Å²) in [5, 5.41) is 6.31. The Labute approximate surface area is 155 Å². The summed E-state index contributed by atoms with van der Waals surface area (Å²) in [6.07, 6.45) is 9.90. The summed E-state index contributed by atoms with van der Waals surface area (Å²) in [5.74, 6) is 0.677. The maximum atomic E-state index is 12.4. The van der Waals surface area contributed by atoms with Gasteiger partial charge in [0.15, 0.2) is 0 Å². The van der Waals surface area contributed by atoms with Crippen LogP contribution in [-0.4, -0.2) is 17.4 Å². The van der Waals surface area contributed by atoms with E-state index in [0.717, 1.165) is 6.42 Å². The van der Waals surface area contributed by atoms with Crippen LogP contribution in [0, 0.1) is 6.92 Å². The minimum absolute atomic E-state index is 0.0394. The van der Waals surface area contributed by atoms with Crippen molar-refractivity contribution in [3.8, 4) is 0 Å². The molecular formula is C22H27N3O. The molecule has 26 heavy (non-hydrogen) atoms. The first kappa shape index (κ1) is 18.2. The number of allylic oxidation sites excluding steroid dienone is 1. The fourth-order valence-electron chi connectivity index (χ4n) is 3.25. The number of carbonyl (C=O) groups is 1. The van der Waals surface area contributed by atoms with Crippen molar-refractivity contribution in [3.05, 3.63) is 70.9 Å². The van der Waals surface area contributed by atoms with Crippen molar-refractivity contribution in [1.29, 1.82) is 0 Å². The zero-order valence-electron chi connectivity index (χ0n) is 15.4. The van der Waals surface area contributed by atoms with Gasteiger partial charge in [0.05, 0.1) is 0 Å². The molecular weight excluding hydrogens is 322 g/mol. The van der Waals surface area contributed by atoms with E-state index in [1.807, 2.05) is 12.1 Å². The summed E-state index contributed by atoms with van der Waals surface area (Å²) < 4.78 is 0. The highest BCUT2D eigenvalue weighted by Crippen LogP contribution is 2.19. The second-order valence-corrected chi connectivity index (χ2v) is 6.89. The molecule has 0 bridgehead atoms. The molecule has 1 aromatic heterocycles. The Morgan fingerprint density at radius 1 is 1.19 bits per heavy atom. The molecule has 0 aliphatic heterocycles. The number of nitrogens with zero attached hydrogens (tertiary/aromatic N) is 1. The number of hydrogen-bond acceptors (Lipinski definition) is 3. The van der Waals surface area contributed by atoms with Crippen molar-refractivity contribution in [2.45, 2.75) is 45.6 Å². The first-order valence-electron chi connectivity index (χ1n) is 9.42. The Morgan fingerprint density at radius 3 is 2.92 bits per heavy atom. The van der Waals surface area contributed by atoms with E-state index in [0.29, 0.717) is 24.5 Å². The molecule has 0 atom stereocenters. The predicted molar refractivity (Wildman–Crippen MR) is 106 cm³/mol. The second-order valence-electron chi connectivity index (χ2n) is 6.89. The molecule has 1 amide bonds. The van der Waals surface area contributed by atoms with Crippen LogP contribution in [0.4, 0.5) is 5.82 Å². The number of benzene rings is 1. The Kier molecular flexibility index (Phi) is 6.42. The molecule has 0 spiro atoms. The van der Waals surface area contributed by atoms with Crippen LogP contribution in [0.25, 0.3) is 0 Å². The highest BCUT2D eigenvalue weighted by atomic mass is 16.1. The number of pyridine rings is 1. The molecule has 4 heteroatoms. The van der Waals surface area contributed by atoms with Gasteiger partial charge in [0.25, 0.3) is 5.91 Å². The van der Waals surface area contributed by atoms with Gasteiger partial charge < -0.3 is 10.6 Å². The molecule has 0 saturated heterocycles. The van der Waals surface area contributed by atoms with Crippen molar-refractivity contribution in [2.75, 3.05) is 11.9 Å². The van der Waals surface area contributed by atoms with Crippen LogP contribution in [0.3, 0.4) is 0 Å². The summed E-state index contributed by atoms with van der Waals surface area (Å²) in [7, 11) is 0. The first-order valence-corrected chi connectivity index (χ1v) is 9.42. The van der Waals surface area contributed by atoms with E-state index >= 15 is 0 Å². The van der Waals surface area contributed by atoms with Crippen molar-refractivity contribution in [1.82, 2.24) is 10.3 Å². The van der Waals surface area contributed by atoms with Crippen molar-refractivity contribution < 1.29 is 4.79 Å². The van der Waals surface area contributed by atoms with Gasteiger partial charge in [-0.3, -0.25) is 4.79 Å². The van der Waals surface area contributed by atoms with Crippen LogP contribution in [0.5, 0.6) is 0 Å². The minimum Gasteiger partial charge on any atom is -0.366 e. The molecule has 1 heterocycles. The predicted octanol–water partition coefficient (Wildman–Crippen LogP) is 4.62. The lowest BCUT2D eigenvalue weighted by molar-refractivity contribution is 0.0954. The molecule has 2 aromatic rings. The first-order chi connectivity index (χ1) is 12.7. The molecule has 136 valence electrons. The smallest absolute Gasteiger partial charge is 0.251 e. The summed E-state index contributed by atoms with van der Waals surface area (Å²) in [4.78, 5) is 16.7. The Hall–Kier alpha value is -2.62. The van der Waals surface area contributed by atoms with Crippen LogP contribution in [0.1, 0.15) is 53.6 Å². The highest BCUT2D eigenvalue weighted by Gasteiger charge is 2.08. The zero-order chi connectivity index (χ0) is 18.2. The molecule has 0 fully saturated rings. The van der Waals surface area contributed by atoms with Gasteiger partial charge in [-0.1, -0.05) is 41.5 Å². The molecule has 2 N–H and O–H groups in total.